The molecule has 1 N–H and O–H groups in total. The molecule has 1 aliphatic rings. The van der Waals surface area contributed by atoms with E-state index in [1.807, 2.05) is 32.9 Å². The number of benzene rings is 1. The summed E-state index contributed by atoms with van der Waals surface area (Å²) >= 11 is 0. The van der Waals surface area contributed by atoms with E-state index in [1.54, 1.807) is 0 Å². The second-order valence-electron chi connectivity index (χ2n) is 6.21. The predicted molar refractivity (Wildman–Crippen MR) is 74.0 cm³/mol. The molecule has 2 rings (SSSR count). The Balaban J connectivity index is 2.15. The number of aliphatic hydroxyl groups excluding tert-OH is 1. The third-order valence-corrected chi connectivity index (χ3v) is 3.31. The van der Waals surface area contributed by atoms with Crippen LogP contribution in [0, 0.1) is 0 Å². The van der Waals surface area contributed by atoms with Crippen LogP contribution in [0.5, 0.6) is 0 Å². The Morgan fingerprint density at radius 2 is 2.16 bits per heavy atom. The van der Waals surface area contributed by atoms with E-state index in [0.29, 0.717) is 6.42 Å². The molecule has 0 saturated carbocycles. The van der Waals surface area contributed by atoms with E-state index in [2.05, 4.69) is 6.07 Å². The van der Waals surface area contributed by atoms with Gasteiger partial charge >= 0.3 is 5.97 Å². The molecule has 3 heteroatoms. The van der Waals surface area contributed by atoms with E-state index < -0.39 is 5.60 Å². The Bertz CT molecular complexity index is 471. The first-order chi connectivity index (χ1) is 8.85. The van der Waals surface area contributed by atoms with Crippen molar-refractivity contribution in [3.05, 3.63) is 34.9 Å². The third kappa shape index (κ3) is 3.80. The number of aryl methyl sites for hydroxylation is 1. The zero-order valence-electron chi connectivity index (χ0n) is 11.9. The van der Waals surface area contributed by atoms with Gasteiger partial charge in [0.1, 0.15) is 5.60 Å². The Kier molecular flexibility index (Phi) is 3.95. The summed E-state index contributed by atoms with van der Waals surface area (Å²) in [5.41, 5.74) is 2.93. The first kappa shape index (κ1) is 14.1. The van der Waals surface area contributed by atoms with Crippen molar-refractivity contribution in [3.63, 3.8) is 0 Å². The van der Waals surface area contributed by atoms with Crippen molar-refractivity contribution in [2.24, 2.45) is 0 Å². The number of hydrogen-bond acceptors (Lipinski definition) is 3. The molecule has 0 heterocycles. The molecular formula is C16H22O3. The van der Waals surface area contributed by atoms with Gasteiger partial charge in [-0.15, -0.1) is 0 Å². The van der Waals surface area contributed by atoms with Gasteiger partial charge in [0.2, 0.25) is 0 Å². The van der Waals surface area contributed by atoms with Crippen LogP contribution in [0.25, 0.3) is 0 Å². The lowest BCUT2D eigenvalue weighted by atomic mass is 9.86. The highest BCUT2D eigenvalue weighted by Gasteiger charge is 2.22. The van der Waals surface area contributed by atoms with Gasteiger partial charge in [-0.05, 0) is 56.7 Å². The third-order valence-electron chi connectivity index (χ3n) is 3.31. The summed E-state index contributed by atoms with van der Waals surface area (Å²) in [7, 11) is 0. The van der Waals surface area contributed by atoms with Crippen molar-refractivity contribution in [3.8, 4) is 0 Å². The van der Waals surface area contributed by atoms with Crippen LogP contribution >= 0.6 is 0 Å². The molecule has 1 aromatic carbocycles. The summed E-state index contributed by atoms with van der Waals surface area (Å²) in [6.45, 7) is 5.61. The van der Waals surface area contributed by atoms with Crippen LogP contribution in [0.3, 0.4) is 0 Å². The van der Waals surface area contributed by atoms with Gasteiger partial charge in [0.25, 0.3) is 0 Å². The summed E-state index contributed by atoms with van der Waals surface area (Å²) in [6, 6.07) is 6.02. The molecule has 1 aliphatic carbocycles. The van der Waals surface area contributed by atoms with Gasteiger partial charge < -0.3 is 9.84 Å². The maximum absolute atomic E-state index is 11.9. The molecule has 0 amide bonds. The zero-order chi connectivity index (χ0) is 14.0. The average Bonchev–Trinajstić information content (AvgIpc) is 2.27. The number of fused-ring (bicyclic) bond motifs is 1. The van der Waals surface area contributed by atoms with Crippen molar-refractivity contribution >= 4 is 5.97 Å². The lowest BCUT2D eigenvalue weighted by Crippen LogP contribution is -2.26. The van der Waals surface area contributed by atoms with Gasteiger partial charge in [0.15, 0.2) is 0 Å². The summed E-state index contributed by atoms with van der Waals surface area (Å²) in [6.07, 6.45) is 2.34. The highest BCUT2D eigenvalue weighted by molar-refractivity contribution is 5.73. The Labute approximate surface area is 114 Å². The number of ether oxygens (including phenoxy) is 1. The van der Waals surface area contributed by atoms with Crippen molar-refractivity contribution in [2.75, 3.05) is 0 Å². The van der Waals surface area contributed by atoms with Gasteiger partial charge in [-0.3, -0.25) is 4.79 Å². The van der Waals surface area contributed by atoms with Crippen LogP contribution in [-0.2, 0) is 28.8 Å². The Morgan fingerprint density at radius 1 is 1.42 bits per heavy atom. The summed E-state index contributed by atoms with van der Waals surface area (Å²) in [5, 5.41) is 9.78. The minimum absolute atomic E-state index is 0.207. The van der Waals surface area contributed by atoms with Crippen molar-refractivity contribution in [2.45, 2.75) is 58.2 Å². The molecular weight excluding hydrogens is 240 g/mol. The van der Waals surface area contributed by atoms with Gasteiger partial charge in [-0.2, -0.15) is 0 Å². The normalized spacial score (nSPS) is 18.8. The van der Waals surface area contributed by atoms with E-state index in [4.69, 9.17) is 4.74 Å². The molecule has 3 nitrogen and oxygen atoms in total. The highest BCUT2D eigenvalue weighted by Crippen LogP contribution is 2.25. The fourth-order valence-electron chi connectivity index (χ4n) is 2.54. The molecule has 0 aliphatic heterocycles. The monoisotopic (exact) mass is 262 g/mol. The number of carbonyl (C=O) groups is 1. The fraction of sp³-hybridized carbons (Fsp3) is 0.562. The minimum Gasteiger partial charge on any atom is -0.460 e. The molecule has 0 fully saturated rings. The van der Waals surface area contributed by atoms with Gasteiger partial charge in [0, 0.05) is 0 Å². The van der Waals surface area contributed by atoms with Crippen molar-refractivity contribution < 1.29 is 14.6 Å². The smallest absolute Gasteiger partial charge is 0.310 e. The van der Waals surface area contributed by atoms with Gasteiger partial charge in [-0.25, -0.2) is 0 Å². The molecule has 1 atom stereocenters. The van der Waals surface area contributed by atoms with Crippen LogP contribution in [0.15, 0.2) is 18.2 Å². The molecule has 104 valence electrons. The maximum atomic E-state index is 11.9. The van der Waals surface area contributed by atoms with E-state index in [1.165, 1.54) is 5.56 Å². The summed E-state index contributed by atoms with van der Waals surface area (Å²) in [5.74, 6) is -0.207. The van der Waals surface area contributed by atoms with Crippen LogP contribution < -0.4 is 0 Å². The molecule has 0 saturated heterocycles. The Hall–Kier alpha value is -1.35. The van der Waals surface area contributed by atoms with E-state index in [-0.39, 0.29) is 18.5 Å². The van der Waals surface area contributed by atoms with Crippen LogP contribution in [-0.4, -0.2) is 22.8 Å². The summed E-state index contributed by atoms with van der Waals surface area (Å²) < 4.78 is 5.36. The lowest BCUT2D eigenvalue weighted by molar-refractivity contribution is -0.153. The zero-order valence-corrected chi connectivity index (χ0v) is 11.9. The van der Waals surface area contributed by atoms with Crippen LogP contribution in [0.4, 0.5) is 0 Å². The molecule has 0 radical (unpaired) electrons. The first-order valence-electron chi connectivity index (χ1n) is 6.85. The quantitative estimate of drug-likeness (QED) is 0.833. The topological polar surface area (TPSA) is 46.5 Å². The standard InChI is InChI=1S/C16H22O3/c1-16(2,3)19-15(18)9-12-6-4-5-11-7-8-13(17)10-14(11)12/h4-6,13,17H,7-10H2,1-3H3/t13-/m1/s1. The Morgan fingerprint density at radius 3 is 2.84 bits per heavy atom. The molecule has 0 aromatic heterocycles. The number of aliphatic hydroxyl groups is 1. The van der Waals surface area contributed by atoms with Crippen LogP contribution in [0.2, 0.25) is 0 Å². The number of rotatable bonds is 2. The van der Waals surface area contributed by atoms with Crippen molar-refractivity contribution in [1.82, 2.24) is 0 Å². The molecule has 19 heavy (non-hydrogen) atoms. The minimum atomic E-state index is -0.453. The second kappa shape index (κ2) is 5.33. The fourth-order valence-corrected chi connectivity index (χ4v) is 2.54. The largest absolute Gasteiger partial charge is 0.460 e. The van der Waals surface area contributed by atoms with Gasteiger partial charge in [0.05, 0.1) is 12.5 Å². The first-order valence-corrected chi connectivity index (χ1v) is 6.85. The van der Waals surface area contributed by atoms with E-state index in [0.717, 1.165) is 24.0 Å². The SMILES string of the molecule is CC(C)(C)OC(=O)Cc1cccc2c1C[C@H](O)CC2. The van der Waals surface area contributed by atoms with E-state index in [9.17, 15) is 9.90 Å². The maximum Gasteiger partial charge on any atom is 0.310 e. The van der Waals surface area contributed by atoms with Crippen molar-refractivity contribution in [1.29, 1.82) is 0 Å². The molecule has 0 bridgehead atoms. The highest BCUT2D eigenvalue weighted by atomic mass is 16.6. The molecule has 1 aromatic rings. The molecule has 0 unspecified atom stereocenters. The second-order valence-corrected chi connectivity index (χ2v) is 6.21. The number of esters is 1. The summed E-state index contributed by atoms with van der Waals surface area (Å²) in [4.78, 5) is 11.9. The molecule has 0 spiro atoms. The van der Waals surface area contributed by atoms with Gasteiger partial charge in [-0.1, -0.05) is 18.2 Å². The van der Waals surface area contributed by atoms with E-state index >= 15 is 0 Å². The average molecular weight is 262 g/mol. The predicted octanol–water partition coefficient (Wildman–Crippen LogP) is 2.42. The van der Waals surface area contributed by atoms with Crippen LogP contribution in [0.1, 0.15) is 43.9 Å². The number of carbonyl (C=O) groups excluding carboxylic acids is 1. The lowest BCUT2D eigenvalue weighted by Gasteiger charge is -2.24. The number of hydrogen-bond donors (Lipinski definition) is 1.